The molecule has 0 aromatic carbocycles. The number of aryl methyl sites for hydroxylation is 1. The van der Waals surface area contributed by atoms with Gasteiger partial charge in [-0.15, -0.1) is 11.3 Å². The second-order valence-electron chi connectivity index (χ2n) is 3.49. The van der Waals surface area contributed by atoms with Gasteiger partial charge >= 0.3 is 0 Å². The molecule has 16 heavy (non-hydrogen) atoms. The van der Waals surface area contributed by atoms with E-state index in [4.69, 9.17) is 11.6 Å². The summed E-state index contributed by atoms with van der Waals surface area (Å²) in [6, 6.07) is 5.88. The molecule has 0 aliphatic heterocycles. The fourth-order valence-electron chi connectivity index (χ4n) is 1.64. The minimum absolute atomic E-state index is 0.588. The zero-order valence-corrected chi connectivity index (χ0v) is 10.1. The summed E-state index contributed by atoms with van der Waals surface area (Å²) in [5, 5.41) is 6.87. The fraction of sp³-hybridized carbons (Fsp3) is 0.0909. The van der Waals surface area contributed by atoms with Gasteiger partial charge in [0.1, 0.15) is 5.15 Å². The molecule has 5 heteroatoms. The highest BCUT2D eigenvalue weighted by Crippen LogP contribution is 2.28. The number of hydrogen-bond donors (Lipinski definition) is 0. The lowest BCUT2D eigenvalue weighted by molar-refractivity contribution is 0.930. The highest BCUT2D eigenvalue weighted by atomic mass is 35.5. The summed E-state index contributed by atoms with van der Waals surface area (Å²) in [6.45, 7) is 1.93. The van der Waals surface area contributed by atoms with Gasteiger partial charge in [0, 0.05) is 10.6 Å². The van der Waals surface area contributed by atoms with Crippen LogP contribution in [0, 0.1) is 6.92 Å². The van der Waals surface area contributed by atoms with Crippen LogP contribution in [0.3, 0.4) is 0 Å². The van der Waals surface area contributed by atoms with Crippen LogP contribution in [0.5, 0.6) is 0 Å². The minimum atomic E-state index is 0.588. The van der Waals surface area contributed by atoms with Crippen molar-refractivity contribution in [3.05, 3.63) is 40.6 Å². The molecule has 3 aromatic heterocycles. The van der Waals surface area contributed by atoms with E-state index in [-0.39, 0.29) is 0 Å². The van der Waals surface area contributed by atoms with Crippen LogP contribution < -0.4 is 0 Å². The third-order valence-electron chi connectivity index (χ3n) is 2.34. The van der Waals surface area contributed by atoms with E-state index in [0.29, 0.717) is 5.15 Å². The van der Waals surface area contributed by atoms with Gasteiger partial charge < -0.3 is 0 Å². The lowest BCUT2D eigenvalue weighted by Gasteiger charge is -1.99. The second-order valence-corrected chi connectivity index (χ2v) is 4.83. The number of fused-ring (bicyclic) bond motifs is 1. The Morgan fingerprint density at radius 1 is 1.44 bits per heavy atom. The first kappa shape index (κ1) is 9.81. The summed E-state index contributed by atoms with van der Waals surface area (Å²) in [7, 11) is 0. The van der Waals surface area contributed by atoms with Crippen LogP contribution in [-0.2, 0) is 0 Å². The molecule has 0 spiro atoms. The highest BCUT2D eigenvalue weighted by molar-refractivity contribution is 7.13. The summed E-state index contributed by atoms with van der Waals surface area (Å²) in [5.74, 6) is 0. The number of halogens is 1. The maximum absolute atomic E-state index is 6.10. The Balaban J connectivity index is 2.35. The monoisotopic (exact) mass is 249 g/mol. The van der Waals surface area contributed by atoms with Gasteiger partial charge in [0.2, 0.25) is 0 Å². The van der Waals surface area contributed by atoms with Crippen LogP contribution in [0.15, 0.2) is 29.8 Å². The van der Waals surface area contributed by atoms with Crippen molar-refractivity contribution in [2.75, 3.05) is 0 Å². The maximum Gasteiger partial charge on any atom is 0.165 e. The van der Waals surface area contributed by atoms with Crippen molar-refractivity contribution in [1.82, 2.24) is 14.6 Å². The third-order valence-corrected chi connectivity index (χ3v) is 3.52. The van der Waals surface area contributed by atoms with Crippen LogP contribution in [-0.4, -0.2) is 14.6 Å². The van der Waals surface area contributed by atoms with Gasteiger partial charge in [-0.2, -0.15) is 5.10 Å². The first-order chi connectivity index (χ1) is 7.75. The van der Waals surface area contributed by atoms with Crippen LogP contribution in [0.1, 0.15) is 5.69 Å². The number of nitrogens with zero attached hydrogens (tertiary/aromatic N) is 3. The lowest BCUT2D eigenvalue weighted by atomic mass is 10.3. The van der Waals surface area contributed by atoms with Gasteiger partial charge in [-0.1, -0.05) is 17.7 Å². The highest BCUT2D eigenvalue weighted by Gasteiger charge is 2.11. The Kier molecular flexibility index (Phi) is 2.19. The van der Waals surface area contributed by atoms with Crippen LogP contribution in [0.25, 0.3) is 16.1 Å². The predicted molar refractivity (Wildman–Crippen MR) is 66.0 cm³/mol. The van der Waals surface area contributed by atoms with Gasteiger partial charge in [0.25, 0.3) is 0 Å². The summed E-state index contributed by atoms with van der Waals surface area (Å²) in [5.41, 5.74) is 2.74. The van der Waals surface area contributed by atoms with Crippen molar-refractivity contribution >= 4 is 28.6 Å². The molecule has 0 saturated carbocycles. The van der Waals surface area contributed by atoms with Gasteiger partial charge in [-0.25, -0.2) is 9.50 Å². The summed E-state index contributed by atoms with van der Waals surface area (Å²) >= 11 is 7.77. The van der Waals surface area contributed by atoms with Crippen molar-refractivity contribution in [2.24, 2.45) is 0 Å². The molecule has 0 aliphatic rings. The molecule has 80 valence electrons. The van der Waals surface area contributed by atoms with E-state index in [1.54, 1.807) is 28.1 Å². The summed E-state index contributed by atoms with van der Waals surface area (Å²) in [4.78, 5) is 5.63. The normalized spacial score (nSPS) is 11.1. The average molecular weight is 250 g/mol. The molecule has 0 amide bonds. The first-order valence-electron chi connectivity index (χ1n) is 4.80. The topological polar surface area (TPSA) is 30.2 Å². The molecule has 0 bridgehead atoms. The van der Waals surface area contributed by atoms with Crippen LogP contribution >= 0.6 is 22.9 Å². The molecule has 0 N–H and O–H groups in total. The SMILES string of the molecule is Cc1cc(Cl)n2ncc(-c3cccs3)c2n1. The quantitative estimate of drug-likeness (QED) is 0.619. The molecule has 0 aliphatic carbocycles. The minimum Gasteiger partial charge on any atom is -0.233 e. The molecule has 0 fully saturated rings. The average Bonchev–Trinajstić information content (AvgIpc) is 2.83. The summed E-state index contributed by atoms with van der Waals surface area (Å²) in [6.07, 6.45) is 1.81. The van der Waals surface area contributed by atoms with E-state index in [1.807, 2.05) is 18.4 Å². The molecule has 0 saturated heterocycles. The first-order valence-corrected chi connectivity index (χ1v) is 6.06. The lowest BCUT2D eigenvalue weighted by Crippen LogP contribution is -1.94. The molecular weight excluding hydrogens is 242 g/mol. The van der Waals surface area contributed by atoms with Gasteiger partial charge in [0.05, 0.1) is 11.8 Å². The number of aromatic nitrogens is 3. The Morgan fingerprint density at radius 3 is 3.06 bits per heavy atom. The van der Waals surface area contributed by atoms with Crippen molar-refractivity contribution in [1.29, 1.82) is 0 Å². The zero-order chi connectivity index (χ0) is 11.1. The number of hydrogen-bond acceptors (Lipinski definition) is 3. The Labute approximate surface area is 101 Å². The standard InChI is InChI=1S/C11H8ClN3S/c1-7-5-10(12)15-11(14-7)8(6-13-15)9-3-2-4-16-9/h2-6H,1H3. The Morgan fingerprint density at radius 2 is 2.31 bits per heavy atom. The summed E-state index contributed by atoms with van der Waals surface area (Å²) < 4.78 is 1.66. The predicted octanol–water partition coefficient (Wildman–Crippen LogP) is 3.42. The van der Waals surface area contributed by atoms with E-state index in [9.17, 15) is 0 Å². The molecule has 3 aromatic rings. The third kappa shape index (κ3) is 1.42. The molecule has 0 atom stereocenters. The smallest absolute Gasteiger partial charge is 0.165 e. The van der Waals surface area contributed by atoms with E-state index in [1.165, 1.54) is 0 Å². The second kappa shape index (κ2) is 3.57. The van der Waals surface area contributed by atoms with E-state index < -0.39 is 0 Å². The number of thiophene rings is 1. The Bertz CT molecular complexity index is 643. The number of rotatable bonds is 1. The van der Waals surface area contributed by atoms with Crippen LogP contribution in [0.4, 0.5) is 0 Å². The molecule has 0 unspecified atom stereocenters. The molecule has 3 heterocycles. The van der Waals surface area contributed by atoms with E-state index in [0.717, 1.165) is 21.8 Å². The zero-order valence-electron chi connectivity index (χ0n) is 8.51. The molecule has 3 rings (SSSR count). The molecule has 0 radical (unpaired) electrons. The van der Waals surface area contributed by atoms with Gasteiger partial charge in [-0.3, -0.25) is 0 Å². The molecular formula is C11H8ClN3S. The van der Waals surface area contributed by atoms with Crippen molar-refractivity contribution < 1.29 is 0 Å². The van der Waals surface area contributed by atoms with Gasteiger partial charge in [0.15, 0.2) is 5.65 Å². The fourth-order valence-corrected chi connectivity index (χ4v) is 2.66. The molecule has 3 nitrogen and oxygen atoms in total. The van der Waals surface area contributed by atoms with Crippen molar-refractivity contribution in [3.63, 3.8) is 0 Å². The largest absolute Gasteiger partial charge is 0.233 e. The van der Waals surface area contributed by atoms with Crippen molar-refractivity contribution in [2.45, 2.75) is 6.92 Å². The van der Waals surface area contributed by atoms with Gasteiger partial charge in [-0.05, 0) is 24.4 Å². The van der Waals surface area contributed by atoms with E-state index in [2.05, 4.69) is 16.1 Å². The Hall–Kier alpha value is -1.39. The maximum atomic E-state index is 6.10. The van der Waals surface area contributed by atoms with E-state index >= 15 is 0 Å². The van der Waals surface area contributed by atoms with Crippen LogP contribution in [0.2, 0.25) is 5.15 Å². The van der Waals surface area contributed by atoms with Crippen molar-refractivity contribution in [3.8, 4) is 10.4 Å².